The smallest absolute Gasteiger partial charge is 0.333 e. The number of aryl methyl sites for hydroxylation is 2. The van der Waals surface area contributed by atoms with Gasteiger partial charge >= 0.3 is 5.69 Å². The van der Waals surface area contributed by atoms with Gasteiger partial charge < -0.3 is 5.32 Å². The third-order valence-corrected chi connectivity index (χ3v) is 3.41. The van der Waals surface area contributed by atoms with E-state index in [9.17, 15) is 10.1 Å². The van der Waals surface area contributed by atoms with Crippen LogP contribution in [0.5, 0.6) is 0 Å². The zero-order valence-corrected chi connectivity index (χ0v) is 12.2. The van der Waals surface area contributed by atoms with E-state index in [0.717, 1.165) is 5.65 Å². The van der Waals surface area contributed by atoms with Gasteiger partial charge in [-0.2, -0.15) is 5.10 Å². The second-order valence-corrected chi connectivity index (χ2v) is 4.78. The van der Waals surface area contributed by atoms with Crippen LogP contribution < -0.4 is 5.32 Å². The molecule has 1 N–H and O–H groups in total. The summed E-state index contributed by atoms with van der Waals surface area (Å²) in [7, 11) is 1.68. The van der Waals surface area contributed by atoms with Crippen molar-refractivity contribution in [2.75, 3.05) is 5.32 Å². The summed E-state index contributed by atoms with van der Waals surface area (Å²) < 4.78 is 3.32. The fraction of sp³-hybridized carbons (Fsp3) is 0.308. The molecule has 22 heavy (non-hydrogen) atoms. The van der Waals surface area contributed by atoms with Crippen LogP contribution >= 0.6 is 0 Å². The molecule has 9 heteroatoms. The Morgan fingerprint density at radius 3 is 2.91 bits per heavy atom. The third-order valence-electron chi connectivity index (χ3n) is 3.41. The van der Waals surface area contributed by atoms with Gasteiger partial charge in [-0.3, -0.25) is 14.5 Å². The van der Waals surface area contributed by atoms with E-state index in [1.54, 1.807) is 7.05 Å². The van der Waals surface area contributed by atoms with Crippen LogP contribution in [-0.4, -0.2) is 29.3 Å². The fourth-order valence-electron chi connectivity index (χ4n) is 2.37. The van der Waals surface area contributed by atoms with Gasteiger partial charge in [-0.25, -0.2) is 4.68 Å². The van der Waals surface area contributed by atoms with Gasteiger partial charge in [-0.1, -0.05) is 13.0 Å². The molecule has 0 aliphatic heterocycles. The van der Waals surface area contributed by atoms with E-state index in [4.69, 9.17) is 0 Å². The molecule has 114 valence electrons. The third kappa shape index (κ3) is 2.26. The molecule has 3 aromatic heterocycles. The molecule has 0 aliphatic rings. The highest BCUT2D eigenvalue weighted by molar-refractivity contribution is 5.59. The van der Waals surface area contributed by atoms with Gasteiger partial charge in [0.25, 0.3) is 0 Å². The van der Waals surface area contributed by atoms with Crippen molar-refractivity contribution in [3.63, 3.8) is 0 Å². The summed E-state index contributed by atoms with van der Waals surface area (Å²) in [6.07, 6.45) is 2.35. The normalized spacial score (nSPS) is 11.0. The van der Waals surface area contributed by atoms with Crippen LogP contribution in [0.1, 0.15) is 18.4 Å². The molecule has 0 aliphatic carbocycles. The van der Waals surface area contributed by atoms with E-state index in [2.05, 4.69) is 20.6 Å². The summed E-state index contributed by atoms with van der Waals surface area (Å²) in [5.41, 5.74) is 1.20. The Morgan fingerprint density at radius 2 is 2.18 bits per heavy atom. The summed E-state index contributed by atoms with van der Waals surface area (Å²) >= 11 is 0. The maximum absolute atomic E-state index is 11.3. The number of nitrogens with zero attached hydrogens (tertiary/aromatic N) is 6. The number of fused-ring (bicyclic) bond motifs is 1. The van der Waals surface area contributed by atoms with Gasteiger partial charge in [0.05, 0.1) is 11.5 Å². The Labute approximate surface area is 125 Å². The van der Waals surface area contributed by atoms with E-state index in [1.807, 2.05) is 35.7 Å². The highest BCUT2D eigenvalue weighted by Gasteiger charge is 2.25. The quantitative estimate of drug-likeness (QED) is 0.566. The van der Waals surface area contributed by atoms with Crippen LogP contribution in [0.3, 0.4) is 0 Å². The van der Waals surface area contributed by atoms with Crippen LogP contribution in [0, 0.1) is 10.1 Å². The largest absolute Gasteiger partial charge is 0.357 e. The molecule has 0 amide bonds. The fourth-order valence-corrected chi connectivity index (χ4v) is 2.37. The lowest BCUT2D eigenvalue weighted by Crippen LogP contribution is -2.09. The summed E-state index contributed by atoms with van der Waals surface area (Å²) in [6, 6.07) is 5.60. The van der Waals surface area contributed by atoms with Crippen molar-refractivity contribution < 1.29 is 4.92 Å². The Bertz CT molecular complexity index is 836. The number of hydrogen-bond acceptors (Lipinski definition) is 6. The van der Waals surface area contributed by atoms with Crippen molar-refractivity contribution in [2.45, 2.75) is 19.9 Å². The Morgan fingerprint density at radius 1 is 1.36 bits per heavy atom. The minimum absolute atomic E-state index is 0.0128. The topological polar surface area (TPSA) is 103 Å². The van der Waals surface area contributed by atoms with Gasteiger partial charge in [0.2, 0.25) is 5.82 Å². The van der Waals surface area contributed by atoms with Crippen molar-refractivity contribution in [3.8, 4) is 0 Å². The van der Waals surface area contributed by atoms with Crippen molar-refractivity contribution >= 4 is 17.2 Å². The van der Waals surface area contributed by atoms with Crippen molar-refractivity contribution in [3.05, 3.63) is 46.0 Å². The van der Waals surface area contributed by atoms with Crippen LogP contribution in [0.15, 0.2) is 24.4 Å². The predicted octanol–water partition coefficient (Wildman–Crippen LogP) is 1.55. The van der Waals surface area contributed by atoms with Crippen molar-refractivity contribution in [1.82, 2.24) is 24.4 Å². The van der Waals surface area contributed by atoms with Crippen LogP contribution in [0.25, 0.3) is 5.65 Å². The van der Waals surface area contributed by atoms with E-state index < -0.39 is 4.92 Å². The zero-order chi connectivity index (χ0) is 15.7. The van der Waals surface area contributed by atoms with E-state index >= 15 is 0 Å². The van der Waals surface area contributed by atoms with Gasteiger partial charge in [-0.15, -0.1) is 10.2 Å². The first kappa shape index (κ1) is 14.0. The molecule has 0 saturated carbocycles. The van der Waals surface area contributed by atoms with E-state index in [0.29, 0.717) is 30.3 Å². The minimum atomic E-state index is -0.407. The lowest BCUT2D eigenvalue weighted by Gasteiger charge is -2.05. The van der Waals surface area contributed by atoms with Gasteiger partial charge in [0.15, 0.2) is 11.5 Å². The predicted molar refractivity (Wildman–Crippen MR) is 79.6 cm³/mol. The van der Waals surface area contributed by atoms with Crippen molar-refractivity contribution in [1.29, 1.82) is 0 Å². The Balaban J connectivity index is 1.91. The molecule has 0 bridgehead atoms. The SMILES string of the molecule is CCc1nn(C)c(NCc2nnc3ccccn23)c1[N+](=O)[O-]. The summed E-state index contributed by atoms with van der Waals surface area (Å²) in [6.45, 7) is 2.15. The number of aromatic nitrogens is 5. The zero-order valence-electron chi connectivity index (χ0n) is 12.2. The number of hydrogen-bond donors (Lipinski definition) is 1. The minimum Gasteiger partial charge on any atom is -0.357 e. The average Bonchev–Trinajstić information content (AvgIpc) is 3.06. The van der Waals surface area contributed by atoms with E-state index in [1.165, 1.54) is 4.68 Å². The van der Waals surface area contributed by atoms with Crippen LogP contribution in [-0.2, 0) is 20.0 Å². The second kappa shape index (κ2) is 5.43. The molecular weight excluding hydrogens is 286 g/mol. The lowest BCUT2D eigenvalue weighted by atomic mass is 10.3. The molecule has 0 aromatic carbocycles. The highest BCUT2D eigenvalue weighted by Crippen LogP contribution is 2.28. The summed E-state index contributed by atoms with van der Waals surface area (Å²) in [4.78, 5) is 10.9. The molecule has 0 atom stereocenters. The van der Waals surface area contributed by atoms with Crippen molar-refractivity contribution in [2.24, 2.45) is 7.05 Å². The Hall–Kier alpha value is -2.97. The monoisotopic (exact) mass is 301 g/mol. The number of pyridine rings is 1. The first-order valence-electron chi connectivity index (χ1n) is 6.84. The van der Waals surface area contributed by atoms with E-state index in [-0.39, 0.29) is 5.69 Å². The number of nitro groups is 1. The van der Waals surface area contributed by atoms with Crippen LogP contribution in [0.4, 0.5) is 11.5 Å². The molecule has 9 nitrogen and oxygen atoms in total. The molecule has 0 radical (unpaired) electrons. The van der Waals surface area contributed by atoms with Gasteiger partial charge in [0, 0.05) is 13.2 Å². The van der Waals surface area contributed by atoms with Gasteiger partial charge in [0.1, 0.15) is 5.69 Å². The second-order valence-electron chi connectivity index (χ2n) is 4.78. The molecule has 3 rings (SSSR count). The maximum atomic E-state index is 11.3. The number of rotatable bonds is 5. The molecule has 3 heterocycles. The number of anilines is 1. The molecular formula is C13H15N7O2. The first-order valence-corrected chi connectivity index (χ1v) is 6.84. The van der Waals surface area contributed by atoms with Crippen LogP contribution in [0.2, 0.25) is 0 Å². The standard InChI is InChI=1S/C13H15N7O2/c1-3-9-12(20(21)22)13(18(2)17-9)14-8-11-16-15-10-6-4-5-7-19(10)11/h4-7,14H,3,8H2,1-2H3. The maximum Gasteiger partial charge on any atom is 0.333 e. The first-order chi connectivity index (χ1) is 10.6. The highest BCUT2D eigenvalue weighted by atomic mass is 16.6. The molecule has 0 unspecified atom stereocenters. The average molecular weight is 301 g/mol. The molecule has 0 saturated heterocycles. The Kier molecular flexibility index (Phi) is 3.45. The lowest BCUT2D eigenvalue weighted by molar-refractivity contribution is -0.384. The molecule has 3 aromatic rings. The number of nitrogens with one attached hydrogen (secondary N) is 1. The molecule has 0 spiro atoms. The summed E-state index contributed by atoms with van der Waals surface area (Å²) in [5, 5.41) is 26.6. The summed E-state index contributed by atoms with van der Waals surface area (Å²) in [5.74, 6) is 1.04. The molecule has 0 fully saturated rings. The van der Waals surface area contributed by atoms with Gasteiger partial charge in [-0.05, 0) is 18.6 Å².